The highest BCUT2D eigenvalue weighted by atomic mass is 19.1. The summed E-state index contributed by atoms with van der Waals surface area (Å²) in [5.74, 6) is -5.65. The van der Waals surface area contributed by atoms with Gasteiger partial charge in [0.2, 0.25) is 5.76 Å². The minimum Gasteiger partial charge on any atom is -0.467 e. The van der Waals surface area contributed by atoms with Crippen molar-refractivity contribution in [2.24, 2.45) is 5.92 Å². The minimum atomic E-state index is -1.15. The Hall–Kier alpha value is -4.61. The number of halogens is 2. The molecule has 188 valence electrons. The number of esters is 1. The SMILES string of the molecule is COC(=O)C(NC(=O)c1cc(-c2ccc(NC(=O)C(=O)Nc3ccc(F)cc3F)cc2)no1)C(C)C. The standard InChI is InChI=1S/C24H22F2N4O6/c1-12(2)20(24(34)35-3)29-21(31)19-11-18(30-36-19)13-4-7-15(8-5-13)27-22(32)23(33)28-17-9-6-14(25)10-16(17)26/h4-12,20H,1-3H3,(H,27,32)(H,28,33)(H,29,31). The molecule has 36 heavy (non-hydrogen) atoms. The van der Waals surface area contributed by atoms with E-state index in [0.717, 1.165) is 12.1 Å². The van der Waals surface area contributed by atoms with Gasteiger partial charge in [-0.1, -0.05) is 31.1 Å². The first-order valence-corrected chi connectivity index (χ1v) is 10.6. The summed E-state index contributed by atoms with van der Waals surface area (Å²) in [5, 5.41) is 10.8. The molecule has 0 bridgehead atoms. The van der Waals surface area contributed by atoms with Gasteiger partial charge in [0, 0.05) is 23.4 Å². The maximum Gasteiger partial charge on any atom is 0.328 e. The van der Waals surface area contributed by atoms with Gasteiger partial charge in [-0.25, -0.2) is 13.6 Å². The number of ether oxygens (including phenoxy) is 1. The average Bonchev–Trinajstić information content (AvgIpc) is 3.34. The van der Waals surface area contributed by atoms with Crippen molar-refractivity contribution in [3.8, 4) is 11.3 Å². The zero-order chi connectivity index (χ0) is 26.4. The van der Waals surface area contributed by atoms with Crippen LogP contribution in [0.2, 0.25) is 0 Å². The van der Waals surface area contributed by atoms with Crippen molar-refractivity contribution in [3.05, 3.63) is 65.9 Å². The summed E-state index contributed by atoms with van der Waals surface area (Å²) in [7, 11) is 1.22. The van der Waals surface area contributed by atoms with Crippen molar-refractivity contribution in [1.82, 2.24) is 10.5 Å². The van der Waals surface area contributed by atoms with E-state index in [1.807, 2.05) is 0 Å². The van der Waals surface area contributed by atoms with Gasteiger partial charge in [0.1, 0.15) is 23.4 Å². The number of carbonyl (C=O) groups excluding carboxylic acids is 4. The van der Waals surface area contributed by atoms with E-state index in [9.17, 15) is 28.0 Å². The maximum atomic E-state index is 13.7. The smallest absolute Gasteiger partial charge is 0.328 e. The average molecular weight is 500 g/mol. The highest BCUT2D eigenvalue weighted by Crippen LogP contribution is 2.22. The number of aromatic nitrogens is 1. The molecular weight excluding hydrogens is 478 g/mol. The molecule has 2 aromatic carbocycles. The Labute approximate surface area is 204 Å². The van der Waals surface area contributed by atoms with E-state index in [4.69, 9.17) is 9.26 Å². The molecule has 0 saturated heterocycles. The van der Waals surface area contributed by atoms with E-state index < -0.39 is 41.4 Å². The Morgan fingerprint density at radius 2 is 1.61 bits per heavy atom. The van der Waals surface area contributed by atoms with Crippen LogP contribution >= 0.6 is 0 Å². The lowest BCUT2D eigenvalue weighted by atomic mass is 10.0. The molecule has 3 amide bonds. The van der Waals surface area contributed by atoms with Crippen LogP contribution in [0.15, 0.2) is 53.1 Å². The molecule has 0 radical (unpaired) electrons. The number of hydrogen-bond acceptors (Lipinski definition) is 7. The number of benzene rings is 2. The van der Waals surface area contributed by atoms with Gasteiger partial charge in [0.05, 0.1) is 12.8 Å². The van der Waals surface area contributed by atoms with E-state index in [1.54, 1.807) is 26.0 Å². The van der Waals surface area contributed by atoms with E-state index in [2.05, 4.69) is 21.1 Å². The maximum absolute atomic E-state index is 13.7. The molecule has 1 unspecified atom stereocenters. The lowest BCUT2D eigenvalue weighted by Crippen LogP contribution is -2.44. The van der Waals surface area contributed by atoms with E-state index in [-0.39, 0.29) is 23.1 Å². The fourth-order valence-corrected chi connectivity index (χ4v) is 3.04. The van der Waals surface area contributed by atoms with Crippen LogP contribution < -0.4 is 16.0 Å². The predicted octanol–water partition coefficient (Wildman–Crippen LogP) is 3.12. The molecule has 1 aromatic heterocycles. The molecule has 1 heterocycles. The summed E-state index contributed by atoms with van der Waals surface area (Å²) in [6, 6.07) is 9.08. The van der Waals surface area contributed by atoms with E-state index in [0.29, 0.717) is 17.3 Å². The Morgan fingerprint density at radius 3 is 2.22 bits per heavy atom. The highest BCUT2D eigenvalue weighted by Gasteiger charge is 2.27. The lowest BCUT2D eigenvalue weighted by Gasteiger charge is -2.18. The largest absolute Gasteiger partial charge is 0.467 e. The minimum absolute atomic E-state index is 0.123. The number of methoxy groups -OCH3 is 1. The molecule has 0 spiro atoms. The van der Waals surface area contributed by atoms with Crippen molar-refractivity contribution in [2.45, 2.75) is 19.9 Å². The number of anilines is 2. The van der Waals surface area contributed by atoms with Crippen molar-refractivity contribution in [2.75, 3.05) is 17.7 Å². The second-order valence-corrected chi connectivity index (χ2v) is 7.90. The van der Waals surface area contributed by atoms with E-state index >= 15 is 0 Å². The molecule has 10 nitrogen and oxygen atoms in total. The first-order chi connectivity index (χ1) is 17.1. The fraction of sp³-hybridized carbons (Fsp3) is 0.208. The highest BCUT2D eigenvalue weighted by molar-refractivity contribution is 6.43. The Morgan fingerprint density at radius 1 is 0.944 bits per heavy atom. The number of nitrogens with zero attached hydrogens (tertiary/aromatic N) is 1. The van der Waals surface area contributed by atoms with Gasteiger partial charge in [0.25, 0.3) is 5.91 Å². The van der Waals surface area contributed by atoms with Crippen LogP contribution in [0, 0.1) is 17.6 Å². The van der Waals surface area contributed by atoms with Gasteiger partial charge in [0.15, 0.2) is 0 Å². The summed E-state index contributed by atoms with van der Waals surface area (Å²) in [6.07, 6.45) is 0. The number of nitrogens with one attached hydrogen (secondary N) is 3. The molecule has 0 aliphatic rings. The Bertz CT molecular complexity index is 1290. The monoisotopic (exact) mass is 500 g/mol. The molecule has 0 fully saturated rings. The van der Waals surface area contributed by atoms with Gasteiger partial charge in [-0.3, -0.25) is 14.4 Å². The summed E-state index contributed by atoms with van der Waals surface area (Å²) < 4.78 is 36.4. The molecule has 0 saturated carbocycles. The zero-order valence-electron chi connectivity index (χ0n) is 19.4. The summed E-state index contributed by atoms with van der Waals surface area (Å²) in [5.41, 5.74) is 0.741. The van der Waals surface area contributed by atoms with Crippen molar-refractivity contribution < 1.29 is 37.2 Å². The zero-order valence-corrected chi connectivity index (χ0v) is 19.4. The van der Waals surface area contributed by atoms with Crippen LogP contribution in [-0.2, 0) is 19.1 Å². The van der Waals surface area contributed by atoms with Gasteiger partial charge >= 0.3 is 17.8 Å². The third kappa shape index (κ3) is 6.29. The van der Waals surface area contributed by atoms with Crippen molar-refractivity contribution in [3.63, 3.8) is 0 Å². The van der Waals surface area contributed by atoms with Gasteiger partial charge in [-0.05, 0) is 30.2 Å². The number of amides is 3. The molecule has 0 aliphatic carbocycles. The van der Waals surface area contributed by atoms with Crippen LogP contribution in [0.5, 0.6) is 0 Å². The predicted molar refractivity (Wildman–Crippen MR) is 124 cm³/mol. The third-order valence-corrected chi connectivity index (χ3v) is 4.97. The lowest BCUT2D eigenvalue weighted by molar-refractivity contribution is -0.144. The van der Waals surface area contributed by atoms with Gasteiger partial charge < -0.3 is 25.2 Å². The second kappa shape index (κ2) is 11.2. The van der Waals surface area contributed by atoms with Crippen molar-refractivity contribution >= 4 is 35.1 Å². The molecule has 12 heteroatoms. The first-order valence-electron chi connectivity index (χ1n) is 10.6. The third-order valence-electron chi connectivity index (χ3n) is 4.97. The summed E-state index contributed by atoms with van der Waals surface area (Å²) >= 11 is 0. The van der Waals surface area contributed by atoms with Crippen LogP contribution in [0.25, 0.3) is 11.3 Å². The second-order valence-electron chi connectivity index (χ2n) is 7.90. The molecule has 3 aromatic rings. The van der Waals surface area contributed by atoms with Crippen LogP contribution in [0.1, 0.15) is 24.4 Å². The fourth-order valence-electron chi connectivity index (χ4n) is 3.04. The van der Waals surface area contributed by atoms with Crippen molar-refractivity contribution in [1.29, 1.82) is 0 Å². The van der Waals surface area contributed by atoms with Gasteiger partial charge in [-0.15, -0.1) is 0 Å². The quantitative estimate of drug-likeness (QED) is 0.335. The Balaban J connectivity index is 1.62. The molecule has 1 atom stereocenters. The summed E-state index contributed by atoms with van der Waals surface area (Å²) in [6.45, 7) is 3.50. The van der Waals surface area contributed by atoms with Crippen LogP contribution in [0.4, 0.5) is 20.2 Å². The van der Waals surface area contributed by atoms with Crippen LogP contribution in [0.3, 0.4) is 0 Å². The summed E-state index contributed by atoms with van der Waals surface area (Å²) in [4.78, 5) is 48.4. The molecule has 3 N–H and O–H groups in total. The topological polar surface area (TPSA) is 140 Å². The molecule has 0 aliphatic heterocycles. The molecule has 3 rings (SSSR count). The van der Waals surface area contributed by atoms with E-state index in [1.165, 1.54) is 25.3 Å². The number of hydrogen-bond donors (Lipinski definition) is 3. The normalized spacial score (nSPS) is 11.5. The first kappa shape index (κ1) is 26.0. The van der Waals surface area contributed by atoms with Crippen LogP contribution in [-0.4, -0.2) is 42.0 Å². The number of rotatable bonds is 7. The molecular formula is C24H22F2N4O6. The van der Waals surface area contributed by atoms with Gasteiger partial charge in [-0.2, -0.15) is 0 Å². The number of carbonyl (C=O) groups is 4. The Kier molecular flexibility index (Phi) is 8.10.